The van der Waals surface area contributed by atoms with E-state index in [1.165, 1.54) is 11.3 Å². The minimum absolute atomic E-state index is 0.0651. The predicted octanol–water partition coefficient (Wildman–Crippen LogP) is 1.51. The lowest BCUT2D eigenvalue weighted by Gasteiger charge is -2.24. The van der Waals surface area contributed by atoms with Gasteiger partial charge in [-0.1, -0.05) is 12.1 Å². The zero-order valence-electron chi connectivity index (χ0n) is 15.4. The van der Waals surface area contributed by atoms with Crippen LogP contribution in [-0.4, -0.2) is 51.1 Å². The fourth-order valence-corrected chi connectivity index (χ4v) is 2.35. The van der Waals surface area contributed by atoms with Crippen LogP contribution >= 0.6 is 0 Å². The average Bonchev–Trinajstić information content (AvgIpc) is 2.56. The molecule has 0 saturated carbocycles. The summed E-state index contributed by atoms with van der Waals surface area (Å²) < 4.78 is 0. The second kappa shape index (κ2) is 11.3. The van der Waals surface area contributed by atoms with Gasteiger partial charge in [0.15, 0.2) is 5.96 Å². The van der Waals surface area contributed by atoms with Gasteiger partial charge in [0.1, 0.15) is 6.54 Å². The van der Waals surface area contributed by atoms with Gasteiger partial charge < -0.3 is 20.9 Å². The van der Waals surface area contributed by atoms with Gasteiger partial charge in [0.25, 0.3) is 0 Å². The van der Waals surface area contributed by atoms with Crippen LogP contribution in [0.2, 0.25) is 0 Å². The van der Waals surface area contributed by atoms with Gasteiger partial charge in [0.2, 0.25) is 5.91 Å². The zero-order chi connectivity index (χ0) is 17.8. The van der Waals surface area contributed by atoms with Crippen molar-refractivity contribution >= 4 is 17.6 Å². The molecule has 0 spiro atoms. The van der Waals surface area contributed by atoms with Gasteiger partial charge in [-0.2, -0.15) is 0 Å². The molecule has 0 saturated heterocycles. The van der Waals surface area contributed by atoms with Crippen LogP contribution in [0.3, 0.4) is 0 Å². The van der Waals surface area contributed by atoms with Crippen LogP contribution in [0.5, 0.6) is 0 Å². The maximum Gasteiger partial charge on any atom is 0.241 e. The molecule has 1 amide bonds. The molecule has 0 radical (unpaired) electrons. The molecule has 0 aliphatic carbocycles. The molecule has 6 nitrogen and oxygen atoms in total. The third-order valence-electron chi connectivity index (χ3n) is 3.52. The molecule has 0 aliphatic rings. The van der Waals surface area contributed by atoms with Crippen molar-refractivity contribution in [1.29, 1.82) is 0 Å². The first-order valence-electron chi connectivity index (χ1n) is 8.71. The number of hydrogen-bond donors (Lipinski definition) is 3. The number of guanidine groups is 1. The maximum absolute atomic E-state index is 11.5. The van der Waals surface area contributed by atoms with E-state index in [4.69, 9.17) is 0 Å². The van der Waals surface area contributed by atoms with E-state index in [9.17, 15) is 4.79 Å². The lowest BCUT2D eigenvalue weighted by Crippen LogP contribution is -2.42. The van der Waals surface area contributed by atoms with Gasteiger partial charge in [0, 0.05) is 38.4 Å². The molecule has 1 rings (SSSR count). The number of aryl methyl sites for hydroxylation is 1. The van der Waals surface area contributed by atoms with Crippen molar-refractivity contribution in [2.45, 2.75) is 27.7 Å². The summed E-state index contributed by atoms with van der Waals surface area (Å²) in [5.74, 6) is 0.605. The Bertz CT molecular complexity index is 530. The Morgan fingerprint density at radius 2 is 1.88 bits per heavy atom. The first kappa shape index (κ1) is 19.8. The number of likely N-dealkylation sites (N-methyl/N-ethyl adjacent to an activating group) is 2. The quantitative estimate of drug-likeness (QED) is 0.473. The summed E-state index contributed by atoms with van der Waals surface area (Å²) in [6, 6.07) is 8.51. The standard InChI is InChI=1S/C18H31N5O/c1-5-19-17(24)14-22-18(20-6-2)21-11-12-23(7-3)16-10-8-9-15(4)13-16/h8-10,13H,5-7,11-12,14H2,1-4H3,(H,19,24)(H2,20,21,22). The van der Waals surface area contributed by atoms with Crippen LogP contribution in [0.4, 0.5) is 5.69 Å². The van der Waals surface area contributed by atoms with E-state index in [1.807, 2.05) is 13.8 Å². The van der Waals surface area contributed by atoms with Crippen LogP contribution in [0.1, 0.15) is 26.3 Å². The van der Waals surface area contributed by atoms with Crippen molar-refractivity contribution in [3.63, 3.8) is 0 Å². The van der Waals surface area contributed by atoms with Gasteiger partial charge >= 0.3 is 0 Å². The lowest BCUT2D eigenvalue weighted by molar-refractivity contribution is -0.119. The van der Waals surface area contributed by atoms with E-state index < -0.39 is 0 Å². The smallest absolute Gasteiger partial charge is 0.241 e. The molecule has 0 fully saturated rings. The van der Waals surface area contributed by atoms with Crippen molar-refractivity contribution in [3.8, 4) is 0 Å². The molecule has 0 aromatic heterocycles. The average molecular weight is 333 g/mol. The Morgan fingerprint density at radius 1 is 1.12 bits per heavy atom. The molecule has 134 valence electrons. The monoisotopic (exact) mass is 333 g/mol. The molecule has 6 heteroatoms. The van der Waals surface area contributed by atoms with Crippen molar-refractivity contribution < 1.29 is 4.79 Å². The van der Waals surface area contributed by atoms with Crippen LogP contribution in [0, 0.1) is 6.92 Å². The Balaban J connectivity index is 2.53. The molecule has 1 aromatic carbocycles. The van der Waals surface area contributed by atoms with Crippen molar-refractivity contribution in [1.82, 2.24) is 16.0 Å². The third kappa shape index (κ3) is 7.35. The molecule has 0 aliphatic heterocycles. The summed E-state index contributed by atoms with van der Waals surface area (Å²) in [5.41, 5.74) is 2.49. The summed E-state index contributed by atoms with van der Waals surface area (Å²) in [4.78, 5) is 18.1. The molecular formula is C18H31N5O. The highest BCUT2D eigenvalue weighted by atomic mass is 16.1. The number of nitrogens with one attached hydrogen (secondary N) is 3. The van der Waals surface area contributed by atoms with Crippen LogP contribution in [0.25, 0.3) is 0 Å². The molecule has 0 atom stereocenters. The summed E-state index contributed by atoms with van der Waals surface area (Å²) in [6.07, 6.45) is 0. The Kier molecular flexibility index (Phi) is 9.34. The van der Waals surface area contributed by atoms with Crippen molar-refractivity contribution in [2.24, 2.45) is 4.99 Å². The van der Waals surface area contributed by atoms with E-state index in [-0.39, 0.29) is 12.5 Å². The maximum atomic E-state index is 11.5. The van der Waals surface area contributed by atoms with Crippen molar-refractivity contribution in [2.75, 3.05) is 44.2 Å². The first-order valence-corrected chi connectivity index (χ1v) is 8.71. The lowest BCUT2D eigenvalue weighted by atomic mass is 10.2. The first-order chi connectivity index (χ1) is 11.6. The fourth-order valence-electron chi connectivity index (χ4n) is 2.35. The van der Waals surface area contributed by atoms with E-state index in [0.717, 1.165) is 26.2 Å². The highest BCUT2D eigenvalue weighted by Crippen LogP contribution is 2.14. The van der Waals surface area contributed by atoms with E-state index in [1.54, 1.807) is 0 Å². The number of amides is 1. The zero-order valence-corrected chi connectivity index (χ0v) is 15.4. The minimum atomic E-state index is -0.0651. The summed E-state index contributed by atoms with van der Waals surface area (Å²) in [5, 5.41) is 9.19. The largest absolute Gasteiger partial charge is 0.370 e. The molecule has 24 heavy (non-hydrogen) atoms. The SMILES string of the molecule is CCNC(=O)CN=C(NCC)NCCN(CC)c1cccc(C)c1. The van der Waals surface area contributed by atoms with E-state index in [0.29, 0.717) is 12.5 Å². The number of hydrogen-bond acceptors (Lipinski definition) is 3. The number of carbonyl (C=O) groups is 1. The molecular weight excluding hydrogens is 302 g/mol. The van der Waals surface area contributed by atoms with E-state index >= 15 is 0 Å². The molecule has 0 heterocycles. The topological polar surface area (TPSA) is 68.8 Å². The second-order valence-corrected chi connectivity index (χ2v) is 5.49. The van der Waals surface area contributed by atoms with Gasteiger partial charge in [-0.05, 0) is 45.4 Å². The third-order valence-corrected chi connectivity index (χ3v) is 3.52. The van der Waals surface area contributed by atoms with Gasteiger partial charge in [-0.3, -0.25) is 4.79 Å². The summed E-state index contributed by atoms with van der Waals surface area (Å²) in [7, 11) is 0. The number of nitrogens with zero attached hydrogens (tertiary/aromatic N) is 2. The predicted molar refractivity (Wildman–Crippen MR) is 102 cm³/mol. The Hall–Kier alpha value is -2.24. The number of carbonyl (C=O) groups excluding carboxylic acids is 1. The highest BCUT2D eigenvalue weighted by molar-refractivity contribution is 5.84. The Labute approximate surface area is 145 Å². The molecule has 0 bridgehead atoms. The molecule has 3 N–H and O–H groups in total. The van der Waals surface area contributed by atoms with Gasteiger partial charge in [-0.15, -0.1) is 0 Å². The van der Waals surface area contributed by atoms with Crippen LogP contribution in [0.15, 0.2) is 29.3 Å². The van der Waals surface area contributed by atoms with E-state index in [2.05, 4.69) is 64.0 Å². The number of rotatable bonds is 9. The summed E-state index contributed by atoms with van der Waals surface area (Å²) >= 11 is 0. The van der Waals surface area contributed by atoms with Crippen LogP contribution < -0.4 is 20.9 Å². The number of anilines is 1. The normalized spacial score (nSPS) is 11.1. The van der Waals surface area contributed by atoms with Crippen LogP contribution in [-0.2, 0) is 4.79 Å². The minimum Gasteiger partial charge on any atom is -0.370 e. The number of aliphatic imine (C=N–C) groups is 1. The summed E-state index contributed by atoms with van der Waals surface area (Å²) in [6.45, 7) is 12.2. The Morgan fingerprint density at radius 3 is 2.50 bits per heavy atom. The van der Waals surface area contributed by atoms with Crippen molar-refractivity contribution in [3.05, 3.63) is 29.8 Å². The number of benzene rings is 1. The van der Waals surface area contributed by atoms with Gasteiger partial charge in [0.05, 0.1) is 0 Å². The fraction of sp³-hybridized carbons (Fsp3) is 0.556. The highest BCUT2D eigenvalue weighted by Gasteiger charge is 2.05. The second-order valence-electron chi connectivity index (χ2n) is 5.49. The molecule has 0 unspecified atom stereocenters. The molecule has 1 aromatic rings. The van der Waals surface area contributed by atoms with Gasteiger partial charge in [-0.25, -0.2) is 4.99 Å².